The lowest BCUT2D eigenvalue weighted by molar-refractivity contribution is -0.384. The van der Waals surface area contributed by atoms with Gasteiger partial charge in [0.05, 0.1) is 4.92 Å². The largest absolute Gasteiger partial charge is 0.310 e. The van der Waals surface area contributed by atoms with E-state index in [1.807, 2.05) is 0 Å². The summed E-state index contributed by atoms with van der Waals surface area (Å²) in [6.45, 7) is 0.931. The Balaban J connectivity index is 2.33. The molecule has 5 heteroatoms. The number of carbonyl (C=O) groups is 1. The highest BCUT2D eigenvalue weighted by atomic mass is 16.6. The molecule has 2 rings (SSSR count). The second-order valence-electron chi connectivity index (χ2n) is 4.19. The van der Waals surface area contributed by atoms with Crippen LogP contribution in [0.3, 0.4) is 0 Å². The lowest BCUT2D eigenvalue weighted by Gasteiger charge is -2.24. The average Bonchev–Trinajstić information content (AvgIpc) is 2.39. The van der Waals surface area contributed by atoms with Gasteiger partial charge in [-0.1, -0.05) is 6.42 Å². The zero-order valence-electron chi connectivity index (χ0n) is 9.39. The number of benzene rings is 1. The number of nitro groups is 1. The second kappa shape index (κ2) is 5.05. The molecule has 1 N–H and O–H groups in total. The molecule has 1 unspecified atom stereocenters. The van der Waals surface area contributed by atoms with Crippen molar-refractivity contribution in [3.8, 4) is 0 Å². The van der Waals surface area contributed by atoms with Gasteiger partial charge >= 0.3 is 0 Å². The number of piperidine rings is 1. The van der Waals surface area contributed by atoms with Gasteiger partial charge < -0.3 is 5.32 Å². The number of carbonyl (C=O) groups excluding carboxylic acids is 1. The minimum absolute atomic E-state index is 0.0355. The maximum absolute atomic E-state index is 11.0. The third-order valence-electron chi connectivity index (χ3n) is 3.09. The molecule has 0 spiro atoms. The van der Waals surface area contributed by atoms with E-state index in [2.05, 4.69) is 5.32 Å². The maximum atomic E-state index is 11.0. The molecule has 0 radical (unpaired) electrons. The molecule has 0 aliphatic carbocycles. The first-order chi connectivity index (χ1) is 8.22. The summed E-state index contributed by atoms with van der Waals surface area (Å²) >= 11 is 0. The molecule has 1 fully saturated rings. The van der Waals surface area contributed by atoms with Crippen molar-refractivity contribution in [1.29, 1.82) is 0 Å². The predicted molar refractivity (Wildman–Crippen MR) is 63.1 cm³/mol. The van der Waals surface area contributed by atoms with Crippen molar-refractivity contribution >= 4 is 12.0 Å². The summed E-state index contributed by atoms with van der Waals surface area (Å²) in [6.07, 6.45) is 3.92. The van der Waals surface area contributed by atoms with E-state index >= 15 is 0 Å². The Kier molecular flexibility index (Phi) is 3.49. The van der Waals surface area contributed by atoms with Crippen LogP contribution >= 0.6 is 0 Å². The molecule has 1 saturated heterocycles. The number of aldehydes is 1. The number of nitro benzene ring substituents is 1. The number of nitrogens with one attached hydrogen (secondary N) is 1. The van der Waals surface area contributed by atoms with E-state index in [1.165, 1.54) is 12.1 Å². The Hall–Kier alpha value is -1.75. The second-order valence-corrected chi connectivity index (χ2v) is 4.19. The van der Waals surface area contributed by atoms with Crippen molar-refractivity contribution in [3.63, 3.8) is 0 Å². The van der Waals surface area contributed by atoms with E-state index in [4.69, 9.17) is 0 Å². The van der Waals surface area contributed by atoms with E-state index in [-0.39, 0.29) is 11.7 Å². The van der Waals surface area contributed by atoms with Crippen molar-refractivity contribution in [3.05, 3.63) is 39.4 Å². The van der Waals surface area contributed by atoms with Gasteiger partial charge in [-0.25, -0.2) is 0 Å². The first kappa shape index (κ1) is 11.7. The van der Waals surface area contributed by atoms with Gasteiger partial charge in [0.1, 0.15) is 0 Å². The van der Waals surface area contributed by atoms with Gasteiger partial charge in [-0.3, -0.25) is 14.9 Å². The molecule has 1 atom stereocenters. The number of non-ortho nitro benzene ring substituents is 1. The van der Waals surface area contributed by atoms with Crippen molar-refractivity contribution < 1.29 is 9.72 Å². The third-order valence-corrected chi connectivity index (χ3v) is 3.09. The highest BCUT2D eigenvalue weighted by molar-refractivity contribution is 5.79. The summed E-state index contributed by atoms with van der Waals surface area (Å²) in [5, 5.41) is 14.0. The van der Waals surface area contributed by atoms with Crippen molar-refractivity contribution in [2.24, 2.45) is 0 Å². The fourth-order valence-electron chi connectivity index (χ4n) is 2.21. The van der Waals surface area contributed by atoms with Crippen molar-refractivity contribution in [1.82, 2.24) is 5.32 Å². The zero-order chi connectivity index (χ0) is 12.3. The lowest BCUT2D eigenvalue weighted by Crippen LogP contribution is -2.27. The fraction of sp³-hybridized carbons (Fsp3) is 0.417. The van der Waals surface area contributed by atoms with Crippen LogP contribution in [0.15, 0.2) is 18.2 Å². The van der Waals surface area contributed by atoms with Crippen LogP contribution in [0.1, 0.15) is 41.2 Å². The first-order valence-corrected chi connectivity index (χ1v) is 5.69. The Labute approximate surface area is 99.0 Å². The van der Waals surface area contributed by atoms with Crippen molar-refractivity contribution in [2.45, 2.75) is 25.3 Å². The lowest BCUT2D eigenvalue weighted by atomic mass is 9.94. The molecule has 1 heterocycles. The monoisotopic (exact) mass is 234 g/mol. The van der Waals surface area contributed by atoms with Crippen LogP contribution in [0.4, 0.5) is 5.69 Å². The molecule has 1 aliphatic rings. The molecule has 90 valence electrons. The first-order valence-electron chi connectivity index (χ1n) is 5.69. The predicted octanol–water partition coefficient (Wildman–Crippen LogP) is 2.22. The summed E-state index contributed by atoms with van der Waals surface area (Å²) in [5.41, 5.74) is 1.25. The summed E-state index contributed by atoms with van der Waals surface area (Å²) in [5.74, 6) is 0. The van der Waals surface area contributed by atoms with Gasteiger partial charge in [-0.2, -0.15) is 0 Å². The maximum Gasteiger partial charge on any atom is 0.270 e. The van der Waals surface area contributed by atoms with E-state index in [9.17, 15) is 14.9 Å². The standard InChI is InChI=1S/C12H14N2O3/c15-8-9-7-10(14(16)17)4-5-11(9)12-3-1-2-6-13-12/h4-5,7-8,12-13H,1-3,6H2. The van der Waals surface area contributed by atoms with Crippen LogP contribution in [0.25, 0.3) is 0 Å². The highest BCUT2D eigenvalue weighted by Gasteiger charge is 2.19. The van der Waals surface area contributed by atoms with E-state index < -0.39 is 4.92 Å². The normalized spacial score (nSPS) is 19.9. The topological polar surface area (TPSA) is 72.2 Å². The Morgan fingerprint density at radius 3 is 2.82 bits per heavy atom. The number of rotatable bonds is 3. The zero-order valence-corrected chi connectivity index (χ0v) is 9.39. The van der Waals surface area contributed by atoms with Gasteiger partial charge in [0, 0.05) is 23.7 Å². The average molecular weight is 234 g/mol. The quantitative estimate of drug-likeness (QED) is 0.494. The van der Waals surface area contributed by atoms with Crippen LogP contribution in [-0.2, 0) is 0 Å². The van der Waals surface area contributed by atoms with Gasteiger partial charge in [0.25, 0.3) is 5.69 Å². The van der Waals surface area contributed by atoms with Gasteiger partial charge in [0.15, 0.2) is 6.29 Å². The van der Waals surface area contributed by atoms with Crippen LogP contribution in [-0.4, -0.2) is 17.8 Å². The number of hydrogen-bond donors (Lipinski definition) is 1. The highest BCUT2D eigenvalue weighted by Crippen LogP contribution is 2.27. The molecule has 5 nitrogen and oxygen atoms in total. The number of nitrogens with zero attached hydrogens (tertiary/aromatic N) is 1. The van der Waals surface area contributed by atoms with E-state index in [0.717, 1.165) is 31.4 Å². The van der Waals surface area contributed by atoms with Crippen LogP contribution in [0.5, 0.6) is 0 Å². The summed E-state index contributed by atoms with van der Waals surface area (Å²) in [7, 11) is 0. The molecule has 17 heavy (non-hydrogen) atoms. The van der Waals surface area contributed by atoms with Crippen molar-refractivity contribution in [2.75, 3.05) is 6.54 Å². The Morgan fingerprint density at radius 1 is 1.41 bits per heavy atom. The smallest absolute Gasteiger partial charge is 0.270 e. The third kappa shape index (κ3) is 2.50. The summed E-state index contributed by atoms with van der Waals surface area (Å²) in [4.78, 5) is 21.1. The molecular formula is C12H14N2O3. The Morgan fingerprint density at radius 2 is 2.24 bits per heavy atom. The minimum Gasteiger partial charge on any atom is -0.310 e. The molecule has 0 aromatic heterocycles. The Bertz CT molecular complexity index is 439. The molecule has 0 bridgehead atoms. The van der Waals surface area contributed by atoms with Crippen LogP contribution < -0.4 is 5.32 Å². The fourth-order valence-corrected chi connectivity index (χ4v) is 2.21. The van der Waals surface area contributed by atoms with E-state index in [0.29, 0.717) is 11.8 Å². The molecule has 0 saturated carbocycles. The van der Waals surface area contributed by atoms with Gasteiger partial charge in [-0.15, -0.1) is 0 Å². The number of hydrogen-bond acceptors (Lipinski definition) is 4. The minimum atomic E-state index is -0.481. The SMILES string of the molecule is O=Cc1cc([N+](=O)[O-])ccc1C1CCCCN1. The summed E-state index contributed by atoms with van der Waals surface area (Å²) in [6, 6.07) is 4.63. The molecular weight excluding hydrogens is 220 g/mol. The van der Waals surface area contributed by atoms with Gasteiger partial charge in [0.2, 0.25) is 0 Å². The van der Waals surface area contributed by atoms with E-state index in [1.54, 1.807) is 6.07 Å². The molecule has 1 aromatic carbocycles. The molecule has 1 aromatic rings. The molecule has 0 amide bonds. The van der Waals surface area contributed by atoms with Gasteiger partial charge in [-0.05, 0) is 31.0 Å². The van der Waals surface area contributed by atoms with Crippen LogP contribution in [0.2, 0.25) is 0 Å². The van der Waals surface area contributed by atoms with Crippen LogP contribution in [0, 0.1) is 10.1 Å². The summed E-state index contributed by atoms with van der Waals surface area (Å²) < 4.78 is 0. The molecule has 1 aliphatic heterocycles.